The molecule has 1 aliphatic rings. The molecule has 1 amide bonds. The third kappa shape index (κ3) is 3.18. The number of amides is 1. The second-order valence-corrected chi connectivity index (χ2v) is 4.99. The average Bonchev–Trinajstić information content (AvgIpc) is 2.43. The molecule has 6 nitrogen and oxygen atoms in total. The largest absolute Gasteiger partial charge is 0.370 e. The summed E-state index contributed by atoms with van der Waals surface area (Å²) in [7, 11) is 0. The number of piperazine rings is 1. The van der Waals surface area contributed by atoms with Crippen LogP contribution in [0.1, 0.15) is 31.7 Å². The van der Waals surface area contributed by atoms with Crippen molar-refractivity contribution < 1.29 is 4.79 Å². The molecule has 2 N–H and O–H groups in total. The van der Waals surface area contributed by atoms with Crippen LogP contribution in [0.5, 0.6) is 0 Å². The lowest BCUT2D eigenvalue weighted by Crippen LogP contribution is -2.48. The van der Waals surface area contributed by atoms with Crippen LogP contribution in [0.25, 0.3) is 0 Å². The Labute approximate surface area is 120 Å². The zero-order chi connectivity index (χ0) is 14.5. The van der Waals surface area contributed by atoms with Crippen LogP contribution in [-0.2, 0) is 11.2 Å². The Balaban J connectivity index is 2.36. The first-order valence-corrected chi connectivity index (χ1v) is 7.28. The van der Waals surface area contributed by atoms with Gasteiger partial charge in [-0.15, -0.1) is 0 Å². The summed E-state index contributed by atoms with van der Waals surface area (Å²) in [5, 5.41) is 6.13. The average molecular weight is 277 g/mol. The van der Waals surface area contributed by atoms with Gasteiger partial charge in [-0.2, -0.15) is 0 Å². The fourth-order valence-electron chi connectivity index (χ4n) is 2.35. The lowest BCUT2D eigenvalue weighted by molar-refractivity contribution is -0.120. The Bertz CT molecular complexity index is 489. The predicted octanol–water partition coefficient (Wildman–Crippen LogP) is 1.11. The van der Waals surface area contributed by atoms with E-state index in [0.29, 0.717) is 13.1 Å². The Morgan fingerprint density at radius 1 is 1.35 bits per heavy atom. The maximum absolute atomic E-state index is 11.6. The zero-order valence-corrected chi connectivity index (χ0v) is 12.5. The molecule has 0 unspecified atom stereocenters. The highest BCUT2D eigenvalue weighted by atomic mass is 16.2. The minimum absolute atomic E-state index is 0.0521. The normalized spacial score (nSPS) is 15.2. The van der Waals surface area contributed by atoms with Gasteiger partial charge < -0.3 is 15.5 Å². The van der Waals surface area contributed by atoms with Crippen LogP contribution in [0.3, 0.4) is 0 Å². The van der Waals surface area contributed by atoms with Crippen LogP contribution in [0.15, 0.2) is 0 Å². The molecule has 0 aromatic carbocycles. The molecule has 1 aliphatic heterocycles. The summed E-state index contributed by atoms with van der Waals surface area (Å²) < 4.78 is 0. The van der Waals surface area contributed by atoms with Gasteiger partial charge in [0.1, 0.15) is 17.5 Å². The highest BCUT2D eigenvalue weighted by molar-refractivity contribution is 5.82. The Hall–Kier alpha value is -1.85. The molecule has 0 saturated carbocycles. The van der Waals surface area contributed by atoms with E-state index in [4.69, 9.17) is 0 Å². The Morgan fingerprint density at radius 2 is 2.15 bits per heavy atom. The van der Waals surface area contributed by atoms with Crippen molar-refractivity contribution in [3.63, 3.8) is 0 Å². The first-order valence-electron chi connectivity index (χ1n) is 7.28. The third-order valence-electron chi connectivity index (χ3n) is 3.32. The summed E-state index contributed by atoms with van der Waals surface area (Å²) >= 11 is 0. The third-order valence-corrected chi connectivity index (χ3v) is 3.32. The van der Waals surface area contributed by atoms with Crippen LogP contribution >= 0.6 is 0 Å². The smallest absolute Gasteiger partial charge is 0.239 e. The van der Waals surface area contributed by atoms with E-state index in [1.165, 1.54) is 0 Å². The topological polar surface area (TPSA) is 70.2 Å². The van der Waals surface area contributed by atoms with Gasteiger partial charge in [0.25, 0.3) is 0 Å². The first kappa shape index (κ1) is 14.6. The molecule has 1 saturated heterocycles. The van der Waals surface area contributed by atoms with Gasteiger partial charge in [-0.1, -0.05) is 6.92 Å². The second-order valence-electron chi connectivity index (χ2n) is 4.99. The van der Waals surface area contributed by atoms with E-state index >= 15 is 0 Å². The minimum Gasteiger partial charge on any atom is -0.370 e. The Morgan fingerprint density at radius 3 is 2.80 bits per heavy atom. The van der Waals surface area contributed by atoms with Crippen LogP contribution in [-0.4, -0.2) is 42.1 Å². The lowest BCUT2D eigenvalue weighted by atomic mass is 10.2. The van der Waals surface area contributed by atoms with Gasteiger partial charge >= 0.3 is 0 Å². The van der Waals surface area contributed by atoms with Gasteiger partial charge in [0.15, 0.2) is 0 Å². The fraction of sp³-hybridized carbons (Fsp3) is 0.643. The molecule has 2 rings (SSSR count). The summed E-state index contributed by atoms with van der Waals surface area (Å²) in [6.07, 6.45) is 1.86. The molecule has 0 radical (unpaired) electrons. The van der Waals surface area contributed by atoms with Crippen molar-refractivity contribution in [1.82, 2.24) is 15.3 Å². The van der Waals surface area contributed by atoms with Crippen molar-refractivity contribution in [2.75, 3.05) is 36.4 Å². The monoisotopic (exact) mass is 277 g/mol. The van der Waals surface area contributed by atoms with Crippen molar-refractivity contribution in [1.29, 1.82) is 0 Å². The van der Waals surface area contributed by atoms with Crippen LogP contribution < -0.4 is 15.5 Å². The first-order chi connectivity index (χ1) is 9.65. The van der Waals surface area contributed by atoms with E-state index in [9.17, 15) is 4.79 Å². The van der Waals surface area contributed by atoms with E-state index in [0.717, 1.165) is 49.0 Å². The number of aryl methyl sites for hydroxylation is 1. The SMILES string of the molecule is CCCc1nc(NCC)c(C)c(N2CCNC(=O)C2)n1. The van der Waals surface area contributed by atoms with Gasteiger partial charge in [0, 0.05) is 31.6 Å². The quantitative estimate of drug-likeness (QED) is 0.843. The van der Waals surface area contributed by atoms with Gasteiger partial charge in [0.2, 0.25) is 5.91 Å². The van der Waals surface area contributed by atoms with Crippen LogP contribution in [0.2, 0.25) is 0 Å². The molecule has 1 fully saturated rings. The maximum atomic E-state index is 11.6. The van der Waals surface area contributed by atoms with Crippen molar-refractivity contribution in [2.24, 2.45) is 0 Å². The van der Waals surface area contributed by atoms with Crippen LogP contribution in [0.4, 0.5) is 11.6 Å². The highest BCUT2D eigenvalue weighted by Crippen LogP contribution is 2.24. The number of hydrogen-bond acceptors (Lipinski definition) is 5. The number of rotatable bonds is 5. The van der Waals surface area contributed by atoms with Crippen molar-refractivity contribution in [3.05, 3.63) is 11.4 Å². The number of nitrogens with one attached hydrogen (secondary N) is 2. The predicted molar refractivity (Wildman–Crippen MR) is 80.2 cm³/mol. The Kier molecular flexibility index (Phi) is 4.76. The number of anilines is 2. The van der Waals surface area contributed by atoms with E-state index in [1.807, 2.05) is 11.8 Å². The number of nitrogens with zero attached hydrogens (tertiary/aromatic N) is 3. The molecule has 2 heterocycles. The molecular weight excluding hydrogens is 254 g/mol. The molecule has 20 heavy (non-hydrogen) atoms. The molecule has 0 aliphatic carbocycles. The standard InChI is InChI=1S/C14H23N5O/c1-4-6-11-17-13(15-5-2)10(3)14(18-11)19-8-7-16-12(20)9-19/h4-9H2,1-3H3,(H,16,20)(H,15,17,18). The lowest BCUT2D eigenvalue weighted by Gasteiger charge is -2.29. The number of aromatic nitrogens is 2. The van der Waals surface area contributed by atoms with Crippen LogP contribution in [0, 0.1) is 6.92 Å². The molecule has 0 atom stereocenters. The van der Waals surface area contributed by atoms with E-state index in [1.54, 1.807) is 0 Å². The van der Waals surface area contributed by atoms with Gasteiger partial charge in [-0.25, -0.2) is 9.97 Å². The molecule has 0 bridgehead atoms. The highest BCUT2D eigenvalue weighted by Gasteiger charge is 2.21. The summed E-state index contributed by atoms with van der Waals surface area (Å²) in [5.74, 6) is 2.66. The van der Waals surface area contributed by atoms with Crippen molar-refractivity contribution in [3.8, 4) is 0 Å². The summed E-state index contributed by atoms with van der Waals surface area (Å²) in [6, 6.07) is 0. The van der Waals surface area contributed by atoms with Gasteiger partial charge in [0.05, 0.1) is 6.54 Å². The molecule has 1 aromatic rings. The molecular formula is C14H23N5O. The van der Waals surface area contributed by atoms with E-state index < -0.39 is 0 Å². The fourth-order valence-corrected chi connectivity index (χ4v) is 2.35. The molecule has 110 valence electrons. The molecule has 0 spiro atoms. The van der Waals surface area contributed by atoms with Crippen molar-refractivity contribution >= 4 is 17.5 Å². The summed E-state index contributed by atoms with van der Waals surface area (Å²) in [6.45, 7) is 8.83. The van der Waals surface area contributed by atoms with Gasteiger partial charge in [-0.3, -0.25) is 4.79 Å². The number of hydrogen-bond donors (Lipinski definition) is 2. The minimum atomic E-state index is 0.0521. The molecule has 1 aromatic heterocycles. The summed E-state index contributed by atoms with van der Waals surface area (Å²) in [5.41, 5.74) is 1.02. The number of carbonyl (C=O) groups is 1. The summed E-state index contributed by atoms with van der Waals surface area (Å²) in [4.78, 5) is 22.8. The maximum Gasteiger partial charge on any atom is 0.239 e. The van der Waals surface area contributed by atoms with Gasteiger partial charge in [-0.05, 0) is 20.3 Å². The zero-order valence-electron chi connectivity index (χ0n) is 12.5. The molecule has 6 heteroatoms. The second kappa shape index (κ2) is 6.54. The number of carbonyl (C=O) groups excluding carboxylic acids is 1. The van der Waals surface area contributed by atoms with Crippen molar-refractivity contribution in [2.45, 2.75) is 33.6 Å². The van der Waals surface area contributed by atoms with E-state index in [2.05, 4.69) is 34.4 Å². The van der Waals surface area contributed by atoms with E-state index in [-0.39, 0.29) is 5.91 Å².